The molecular weight excluding hydrogens is 512 g/mol. The van der Waals surface area contributed by atoms with Crippen LogP contribution in [0.15, 0.2) is 99.8 Å². The number of nitrogens with one attached hydrogen (secondary N) is 1. The molecule has 1 saturated heterocycles. The van der Waals surface area contributed by atoms with E-state index in [-0.39, 0.29) is 29.4 Å². The maximum atomic E-state index is 13.5. The van der Waals surface area contributed by atoms with Crippen LogP contribution in [-0.4, -0.2) is 62.7 Å². The van der Waals surface area contributed by atoms with Crippen LogP contribution in [0.5, 0.6) is 0 Å². The Balaban J connectivity index is 1.65. The molecule has 194 valence electrons. The van der Waals surface area contributed by atoms with Gasteiger partial charge in [0.25, 0.3) is 5.91 Å². The Morgan fingerprint density at radius 3 is 1.92 bits per heavy atom. The van der Waals surface area contributed by atoms with Gasteiger partial charge in [-0.2, -0.15) is 13.7 Å². The van der Waals surface area contributed by atoms with Crippen molar-refractivity contribution in [2.24, 2.45) is 5.10 Å². The topological polar surface area (TPSA) is 116 Å². The summed E-state index contributed by atoms with van der Waals surface area (Å²) in [5, 5.41) is 4.16. The Morgan fingerprint density at radius 1 is 0.811 bits per heavy atom. The molecule has 1 aliphatic heterocycles. The maximum absolute atomic E-state index is 13.5. The van der Waals surface area contributed by atoms with Gasteiger partial charge in [-0.25, -0.2) is 22.3 Å². The molecule has 0 saturated carbocycles. The first-order valence-electron chi connectivity index (χ1n) is 11.6. The number of carbonyl (C=O) groups excluding carboxylic acids is 1. The Kier molecular flexibility index (Phi) is 7.88. The van der Waals surface area contributed by atoms with Crippen LogP contribution in [0.2, 0.25) is 0 Å². The van der Waals surface area contributed by atoms with Crippen LogP contribution in [-0.2, 0) is 24.8 Å². The van der Waals surface area contributed by atoms with Crippen molar-refractivity contribution in [1.29, 1.82) is 0 Å². The third kappa shape index (κ3) is 5.80. The highest BCUT2D eigenvalue weighted by Crippen LogP contribution is 2.25. The summed E-state index contributed by atoms with van der Waals surface area (Å²) in [5.41, 5.74) is 4.84. The second-order valence-electron chi connectivity index (χ2n) is 8.66. The molecule has 3 aromatic rings. The minimum absolute atomic E-state index is 0.0199. The number of carbonyl (C=O) groups is 1. The zero-order valence-electron chi connectivity index (χ0n) is 20.5. The number of amides is 1. The lowest BCUT2D eigenvalue weighted by atomic mass is 10.1. The number of piperazine rings is 1. The van der Waals surface area contributed by atoms with Gasteiger partial charge in [0.1, 0.15) is 6.04 Å². The van der Waals surface area contributed by atoms with Crippen molar-refractivity contribution in [2.45, 2.75) is 29.7 Å². The standard InChI is InChI=1S/C26H28N4O5S2/c1-20-13-15-22(16-14-20)21(2)27-28-26(31)25-19-29(36(32,33)23-9-5-3-6-10-23)17-18-30(25)37(34,35)24-11-7-4-8-12-24/h3-16,25H,17-19H2,1-2H3,(H,28,31)/b27-21-/t25-/m1/s1. The summed E-state index contributed by atoms with van der Waals surface area (Å²) in [7, 11) is -8.03. The summed E-state index contributed by atoms with van der Waals surface area (Å²) in [4.78, 5) is 13.4. The predicted octanol–water partition coefficient (Wildman–Crippen LogP) is 2.60. The van der Waals surface area contributed by atoms with Gasteiger partial charge in [-0.1, -0.05) is 66.2 Å². The minimum atomic E-state index is -4.08. The molecule has 0 unspecified atom stereocenters. The first-order chi connectivity index (χ1) is 17.6. The highest BCUT2D eigenvalue weighted by atomic mass is 32.2. The minimum Gasteiger partial charge on any atom is -0.271 e. The fraction of sp³-hybridized carbons (Fsp3) is 0.231. The van der Waals surface area contributed by atoms with Crippen molar-refractivity contribution in [3.8, 4) is 0 Å². The highest BCUT2D eigenvalue weighted by Gasteiger charge is 2.43. The lowest BCUT2D eigenvalue weighted by Crippen LogP contribution is -2.60. The van der Waals surface area contributed by atoms with E-state index in [1.165, 1.54) is 24.3 Å². The van der Waals surface area contributed by atoms with E-state index in [0.717, 1.165) is 19.7 Å². The summed E-state index contributed by atoms with van der Waals surface area (Å²) in [6.45, 7) is 3.03. The van der Waals surface area contributed by atoms with Gasteiger partial charge >= 0.3 is 0 Å². The van der Waals surface area contributed by atoms with Crippen molar-refractivity contribution < 1.29 is 21.6 Å². The van der Waals surface area contributed by atoms with Crippen molar-refractivity contribution >= 4 is 31.7 Å². The third-order valence-electron chi connectivity index (χ3n) is 6.13. The van der Waals surface area contributed by atoms with Crippen LogP contribution in [0, 0.1) is 6.92 Å². The van der Waals surface area contributed by atoms with E-state index >= 15 is 0 Å². The van der Waals surface area contributed by atoms with Gasteiger partial charge in [-0.3, -0.25) is 4.79 Å². The molecule has 0 radical (unpaired) electrons. The van der Waals surface area contributed by atoms with E-state index in [0.29, 0.717) is 5.71 Å². The molecule has 1 amide bonds. The second kappa shape index (κ2) is 10.9. The normalized spacial score (nSPS) is 17.9. The summed E-state index contributed by atoms with van der Waals surface area (Å²) >= 11 is 0. The summed E-state index contributed by atoms with van der Waals surface area (Å²) in [6, 6.07) is 21.8. The van der Waals surface area contributed by atoms with Crippen molar-refractivity contribution in [3.63, 3.8) is 0 Å². The van der Waals surface area contributed by atoms with E-state index in [1.54, 1.807) is 43.3 Å². The highest BCUT2D eigenvalue weighted by molar-refractivity contribution is 7.89. The summed E-state index contributed by atoms with van der Waals surface area (Å²) in [5.74, 6) is -0.723. The van der Waals surface area contributed by atoms with Crippen LogP contribution in [0.1, 0.15) is 18.1 Å². The number of hydrogen-bond acceptors (Lipinski definition) is 6. The largest absolute Gasteiger partial charge is 0.271 e. The fourth-order valence-corrected chi connectivity index (χ4v) is 7.05. The predicted molar refractivity (Wildman–Crippen MR) is 141 cm³/mol. The van der Waals surface area contributed by atoms with Crippen molar-refractivity contribution in [1.82, 2.24) is 14.0 Å². The molecule has 3 aromatic carbocycles. The lowest BCUT2D eigenvalue weighted by Gasteiger charge is -2.38. The number of benzene rings is 3. The van der Waals surface area contributed by atoms with Gasteiger partial charge in [0.05, 0.1) is 15.5 Å². The first-order valence-corrected chi connectivity index (χ1v) is 14.5. The molecule has 4 rings (SSSR count). The molecule has 1 heterocycles. The van der Waals surface area contributed by atoms with Gasteiger partial charge in [0.15, 0.2) is 0 Å². The van der Waals surface area contributed by atoms with Crippen LogP contribution >= 0.6 is 0 Å². The molecule has 1 atom stereocenters. The van der Waals surface area contributed by atoms with Crippen molar-refractivity contribution in [3.05, 3.63) is 96.1 Å². The third-order valence-corrected chi connectivity index (χ3v) is 9.93. The molecule has 9 nitrogen and oxygen atoms in total. The van der Waals surface area contributed by atoms with E-state index in [9.17, 15) is 21.6 Å². The molecule has 0 aromatic heterocycles. The number of nitrogens with zero attached hydrogens (tertiary/aromatic N) is 3. The molecule has 1 N–H and O–H groups in total. The van der Waals surface area contributed by atoms with Crippen LogP contribution in [0.4, 0.5) is 0 Å². The lowest BCUT2D eigenvalue weighted by molar-refractivity contribution is -0.125. The zero-order valence-corrected chi connectivity index (χ0v) is 22.1. The number of rotatable bonds is 7. The number of hydrazone groups is 1. The fourth-order valence-electron chi connectivity index (χ4n) is 4.00. The zero-order chi connectivity index (χ0) is 26.6. The quantitative estimate of drug-likeness (QED) is 0.365. The van der Waals surface area contributed by atoms with E-state index in [1.807, 2.05) is 31.2 Å². The first kappa shape index (κ1) is 26.7. The van der Waals surface area contributed by atoms with Gasteiger partial charge in [0.2, 0.25) is 20.0 Å². The molecule has 1 aliphatic rings. The Labute approximate surface area is 217 Å². The van der Waals surface area contributed by atoms with Crippen LogP contribution in [0.25, 0.3) is 0 Å². The smallest absolute Gasteiger partial charge is 0.259 e. The molecule has 0 aliphatic carbocycles. The summed E-state index contributed by atoms with van der Waals surface area (Å²) in [6.07, 6.45) is 0. The monoisotopic (exact) mass is 540 g/mol. The van der Waals surface area contributed by atoms with Crippen LogP contribution in [0.3, 0.4) is 0 Å². The number of hydrogen-bond donors (Lipinski definition) is 1. The Hall–Kier alpha value is -3.38. The van der Waals surface area contributed by atoms with Crippen LogP contribution < -0.4 is 5.43 Å². The van der Waals surface area contributed by atoms with Gasteiger partial charge in [-0.15, -0.1) is 0 Å². The maximum Gasteiger partial charge on any atom is 0.259 e. The number of aryl methyl sites for hydroxylation is 1. The molecule has 37 heavy (non-hydrogen) atoms. The molecular formula is C26H28N4O5S2. The van der Waals surface area contributed by atoms with Gasteiger partial charge in [0, 0.05) is 19.6 Å². The molecule has 1 fully saturated rings. The van der Waals surface area contributed by atoms with E-state index in [4.69, 9.17) is 0 Å². The van der Waals surface area contributed by atoms with Gasteiger partial charge in [-0.05, 0) is 43.7 Å². The second-order valence-corrected chi connectivity index (χ2v) is 12.5. The van der Waals surface area contributed by atoms with E-state index < -0.39 is 32.0 Å². The Morgan fingerprint density at radius 2 is 1.35 bits per heavy atom. The van der Waals surface area contributed by atoms with Crippen molar-refractivity contribution in [2.75, 3.05) is 19.6 Å². The average molecular weight is 541 g/mol. The molecule has 0 bridgehead atoms. The summed E-state index contributed by atoms with van der Waals surface area (Å²) < 4.78 is 55.6. The Bertz CT molecular complexity index is 1490. The van der Waals surface area contributed by atoms with Gasteiger partial charge < -0.3 is 0 Å². The average Bonchev–Trinajstić information content (AvgIpc) is 2.92. The van der Waals surface area contributed by atoms with E-state index in [2.05, 4.69) is 10.5 Å². The SMILES string of the molecule is C/C(=N/NC(=O)[C@H]1CN(S(=O)(=O)c2ccccc2)CCN1S(=O)(=O)c1ccccc1)c1ccc(C)cc1. The number of sulfonamides is 2. The molecule has 0 spiro atoms. The molecule has 11 heteroatoms.